The highest BCUT2D eigenvalue weighted by Crippen LogP contribution is 2.50. The second-order valence-electron chi connectivity index (χ2n) is 8.87. The fraction of sp³-hybridized carbons (Fsp3) is 0.318. The Morgan fingerprint density at radius 2 is 2.00 bits per heavy atom. The summed E-state index contributed by atoms with van der Waals surface area (Å²) in [6.45, 7) is 2.78. The zero-order valence-electron chi connectivity index (χ0n) is 20.8. The molecule has 40 heavy (non-hydrogen) atoms. The average Bonchev–Trinajstić information content (AvgIpc) is 3.40. The number of nitrogens with two attached hydrogens (primary N) is 1. The lowest BCUT2D eigenvalue weighted by atomic mass is 9.96. The van der Waals surface area contributed by atoms with Gasteiger partial charge in [-0.2, -0.15) is 5.10 Å². The van der Waals surface area contributed by atoms with Gasteiger partial charge in [-0.25, -0.2) is 15.2 Å². The summed E-state index contributed by atoms with van der Waals surface area (Å²) in [4.78, 5) is 59.8. The first-order valence-electron chi connectivity index (χ1n) is 11.2. The van der Waals surface area contributed by atoms with Crippen LogP contribution in [0.4, 0.5) is 5.13 Å². The predicted octanol–water partition coefficient (Wildman–Crippen LogP) is 0.0610. The van der Waals surface area contributed by atoms with Crippen LogP contribution in [-0.2, 0) is 24.0 Å². The van der Waals surface area contributed by atoms with E-state index in [4.69, 9.17) is 10.6 Å². The van der Waals surface area contributed by atoms with Crippen molar-refractivity contribution < 1.29 is 39.3 Å². The molecule has 2 aliphatic rings. The number of aromatic hydroxyl groups is 2. The van der Waals surface area contributed by atoms with Gasteiger partial charge in [-0.3, -0.25) is 14.4 Å². The van der Waals surface area contributed by atoms with Crippen LogP contribution in [0.25, 0.3) is 0 Å². The second-order valence-corrected chi connectivity index (χ2v) is 11.5. The Bertz CT molecular complexity index is 1400. The molecule has 1 aromatic heterocycles. The van der Waals surface area contributed by atoms with Crippen molar-refractivity contribution >= 4 is 76.3 Å². The predicted molar refractivity (Wildman–Crippen MR) is 147 cm³/mol. The molecule has 15 nitrogen and oxygen atoms in total. The van der Waals surface area contributed by atoms with E-state index in [9.17, 15) is 34.5 Å². The van der Waals surface area contributed by atoms with Crippen LogP contribution in [-0.4, -0.2) is 89.6 Å². The van der Waals surface area contributed by atoms with Crippen LogP contribution in [0.1, 0.15) is 25.1 Å². The Kier molecular flexibility index (Phi) is 9.11. The molecule has 18 heteroatoms. The number of hydrazone groups is 1. The highest BCUT2D eigenvalue weighted by atomic mass is 35.5. The largest absolute Gasteiger partial charge is 0.504 e. The van der Waals surface area contributed by atoms with Crippen molar-refractivity contribution in [3.8, 4) is 11.5 Å². The lowest BCUT2D eigenvalue weighted by Gasteiger charge is -2.43. The zero-order valence-corrected chi connectivity index (χ0v) is 23.2. The molecule has 2 aliphatic heterocycles. The van der Waals surface area contributed by atoms with Crippen LogP contribution >= 0.6 is 35.5 Å². The monoisotopic (exact) mass is 613 g/mol. The first-order valence-corrected chi connectivity index (χ1v) is 12.9. The normalized spacial score (nSPS) is 21.2. The van der Waals surface area contributed by atoms with Gasteiger partial charge in [0, 0.05) is 10.1 Å². The SMILES string of the molecule is CC1(C)S[C@@H]2C(NC(=O)/C(=N\OCC(=O)N/N=C/c3ccc(O)c(O)c3)c3csc(N)n3)C(=O)N2[C@H]1C(=O)O.Cl. The number of phenols is 2. The maximum Gasteiger partial charge on any atom is 0.327 e. The third-order valence-electron chi connectivity index (χ3n) is 5.69. The van der Waals surface area contributed by atoms with Crippen LogP contribution in [0.15, 0.2) is 33.8 Å². The molecule has 2 saturated heterocycles. The molecule has 0 aliphatic carbocycles. The van der Waals surface area contributed by atoms with Crippen molar-refractivity contribution in [2.45, 2.75) is 36.1 Å². The lowest BCUT2D eigenvalue weighted by molar-refractivity contribution is -0.160. The molecule has 2 fully saturated rings. The van der Waals surface area contributed by atoms with Gasteiger partial charge in [0.2, 0.25) is 5.91 Å². The number of fused-ring (bicyclic) bond motifs is 1. The molecule has 214 valence electrons. The molecule has 3 amide bonds. The highest BCUT2D eigenvalue weighted by molar-refractivity contribution is 8.01. The first kappa shape index (κ1) is 30.5. The van der Waals surface area contributed by atoms with Crippen LogP contribution < -0.4 is 16.5 Å². The number of carbonyl (C=O) groups excluding carboxylic acids is 3. The second kappa shape index (κ2) is 12.0. The number of thiazole rings is 1. The van der Waals surface area contributed by atoms with Crippen LogP contribution in [0.5, 0.6) is 11.5 Å². The molecular weight excluding hydrogens is 590 g/mol. The van der Waals surface area contributed by atoms with E-state index in [0.29, 0.717) is 5.56 Å². The number of aromatic nitrogens is 1. The molecule has 4 rings (SSSR count). The Hall–Kier alpha value is -4.09. The number of thioether (sulfide) groups is 1. The number of benzene rings is 1. The fourth-order valence-corrected chi connectivity index (χ4v) is 6.12. The summed E-state index contributed by atoms with van der Waals surface area (Å²) in [5.74, 6) is -3.91. The number of phenolic OH excluding ortho intramolecular Hbond substituents is 2. The molecule has 0 saturated carbocycles. The van der Waals surface area contributed by atoms with Crippen molar-refractivity contribution in [1.82, 2.24) is 20.6 Å². The van der Waals surface area contributed by atoms with E-state index >= 15 is 0 Å². The van der Waals surface area contributed by atoms with E-state index in [2.05, 4.69) is 26.0 Å². The van der Waals surface area contributed by atoms with Crippen LogP contribution in [0.2, 0.25) is 0 Å². The minimum absolute atomic E-state index is 0. The summed E-state index contributed by atoms with van der Waals surface area (Å²) >= 11 is 2.29. The lowest BCUT2D eigenvalue weighted by Crippen LogP contribution is -2.71. The molecule has 1 unspecified atom stereocenters. The minimum Gasteiger partial charge on any atom is -0.504 e. The van der Waals surface area contributed by atoms with Crippen molar-refractivity contribution in [2.75, 3.05) is 12.3 Å². The molecule has 0 spiro atoms. The molecule has 3 atom stereocenters. The van der Waals surface area contributed by atoms with Gasteiger partial charge >= 0.3 is 5.97 Å². The number of β-lactam (4-membered cyclic amide) rings is 1. The van der Waals surface area contributed by atoms with Crippen LogP contribution in [0, 0.1) is 0 Å². The summed E-state index contributed by atoms with van der Waals surface area (Å²) in [5, 5.41) is 39.3. The number of nitrogens with one attached hydrogen (secondary N) is 2. The molecule has 3 heterocycles. The van der Waals surface area contributed by atoms with Crippen LogP contribution in [0.3, 0.4) is 0 Å². The summed E-state index contributed by atoms with van der Waals surface area (Å²) in [7, 11) is 0. The highest BCUT2D eigenvalue weighted by Gasteiger charge is 2.64. The number of amides is 3. The van der Waals surface area contributed by atoms with E-state index in [1.54, 1.807) is 13.8 Å². The molecule has 7 N–H and O–H groups in total. The van der Waals surface area contributed by atoms with Gasteiger partial charge in [-0.05, 0) is 37.6 Å². The van der Waals surface area contributed by atoms with Gasteiger partial charge in [0.25, 0.3) is 11.8 Å². The topological polar surface area (TPSA) is 229 Å². The number of aliphatic carboxylic acids is 1. The number of hydrogen-bond donors (Lipinski definition) is 6. The molecule has 0 bridgehead atoms. The number of nitrogens with zero attached hydrogens (tertiary/aromatic N) is 4. The van der Waals surface area contributed by atoms with Gasteiger partial charge in [0.1, 0.15) is 23.2 Å². The zero-order chi connectivity index (χ0) is 28.5. The Labute approximate surface area is 240 Å². The van der Waals surface area contributed by atoms with Crippen molar-refractivity contribution in [1.29, 1.82) is 0 Å². The first-order chi connectivity index (χ1) is 18.4. The number of anilines is 1. The van der Waals surface area contributed by atoms with Gasteiger partial charge in [0.15, 0.2) is 28.9 Å². The third-order valence-corrected chi connectivity index (χ3v) is 7.94. The molecular formula is C22H24ClN7O8S2. The number of carboxylic acid groups (broad SMARTS) is 1. The van der Waals surface area contributed by atoms with E-state index in [1.807, 2.05) is 0 Å². The number of carbonyl (C=O) groups is 4. The maximum atomic E-state index is 13.1. The van der Waals surface area contributed by atoms with Crippen molar-refractivity contribution in [3.63, 3.8) is 0 Å². The number of rotatable bonds is 9. The number of halogens is 1. The maximum absolute atomic E-state index is 13.1. The summed E-state index contributed by atoms with van der Waals surface area (Å²) in [6.07, 6.45) is 1.22. The van der Waals surface area contributed by atoms with Gasteiger partial charge in [0.05, 0.1) is 6.21 Å². The third kappa shape index (κ3) is 6.21. The molecule has 2 aromatic rings. The standard InChI is InChI=1S/C22H23N7O8S2.ClH/c1-22(2)16(20(35)36)29-18(34)15(19(29)39-22)26-17(33)14(10-8-38-21(23)25-10)28-37-7-13(32)27-24-6-9-3-4-11(30)12(31)5-9;/h3-6,8,15-16,19,30-31H,7H2,1-2H3,(H2,23,25)(H,26,33)(H,27,32)(H,35,36);1H/b24-6+,28-14-;/t15?,16-,19+;/m0./s1. The summed E-state index contributed by atoms with van der Waals surface area (Å²) in [5.41, 5.74) is 7.94. The summed E-state index contributed by atoms with van der Waals surface area (Å²) < 4.78 is -0.770. The number of hydrogen-bond acceptors (Lipinski definition) is 13. The van der Waals surface area contributed by atoms with E-state index in [-0.39, 0.29) is 40.4 Å². The van der Waals surface area contributed by atoms with E-state index in [0.717, 1.165) is 11.3 Å². The van der Waals surface area contributed by atoms with E-state index < -0.39 is 52.5 Å². The molecule has 0 radical (unpaired) electrons. The Morgan fingerprint density at radius 1 is 1.27 bits per heavy atom. The quantitative estimate of drug-likeness (QED) is 0.0958. The van der Waals surface area contributed by atoms with Crippen molar-refractivity contribution in [3.05, 3.63) is 34.8 Å². The smallest absolute Gasteiger partial charge is 0.327 e. The average molecular weight is 614 g/mol. The van der Waals surface area contributed by atoms with Crippen molar-refractivity contribution in [2.24, 2.45) is 10.3 Å². The van der Waals surface area contributed by atoms with Gasteiger partial charge in [-0.15, -0.1) is 35.5 Å². The number of oxime groups is 1. The molecule has 1 aromatic carbocycles. The Balaban J connectivity index is 0.00000441. The number of nitrogen functional groups attached to an aromatic ring is 1. The van der Waals surface area contributed by atoms with Gasteiger partial charge < -0.3 is 36.1 Å². The number of carboxylic acids is 1. The fourth-order valence-electron chi connectivity index (χ4n) is 3.94. The van der Waals surface area contributed by atoms with E-state index in [1.165, 1.54) is 46.5 Å². The summed E-state index contributed by atoms with van der Waals surface area (Å²) in [6, 6.07) is 1.90. The Morgan fingerprint density at radius 3 is 2.62 bits per heavy atom. The van der Waals surface area contributed by atoms with Gasteiger partial charge in [-0.1, -0.05) is 5.16 Å². The minimum atomic E-state index is -1.13.